The van der Waals surface area contributed by atoms with Gasteiger partial charge in [-0.25, -0.2) is 8.42 Å². The van der Waals surface area contributed by atoms with Crippen molar-refractivity contribution in [2.24, 2.45) is 27.6 Å². The highest BCUT2D eigenvalue weighted by Gasteiger charge is 2.54. The Bertz CT molecular complexity index is 1370. The minimum atomic E-state index is -4.19. The summed E-state index contributed by atoms with van der Waals surface area (Å²) >= 11 is 0. The Labute approximate surface area is 224 Å². The van der Waals surface area contributed by atoms with Gasteiger partial charge >= 0.3 is 5.97 Å². The average Bonchev–Trinajstić information content (AvgIpc) is 3.39. The number of nitrogens with one attached hydrogen (secondary N) is 2. The van der Waals surface area contributed by atoms with Crippen LogP contribution in [0.25, 0.3) is 0 Å². The van der Waals surface area contributed by atoms with Gasteiger partial charge in [0, 0.05) is 18.3 Å². The SMILES string of the molecule is COC(=O)C1C2CCC(C2)C1N(CCC(C)(C)C)C(=O)CC1=NS(=O)(=O)c2cc(NS(C)(=O)=O)ccc2N1. The highest BCUT2D eigenvalue weighted by Crippen LogP contribution is 2.51. The average molecular weight is 569 g/mol. The molecule has 38 heavy (non-hydrogen) atoms. The van der Waals surface area contributed by atoms with Gasteiger partial charge in [0.2, 0.25) is 15.9 Å². The minimum Gasteiger partial charge on any atom is -0.469 e. The van der Waals surface area contributed by atoms with Crippen molar-refractivity contribution in [2.45, 2.75) is 63.8 Å². The predicted molar refractivity (Wildman–Crippen MR) is 144 cm³/mol. The molecular formula is C25H36N4O7S2. The molecule has 2 fully saturated rings. The Morgan fingerprint density at radius 2 is 1.89 bits per heavy atom. The molecule has 4 atom stereocenters. The number of hydrogen-bond acceptors (Lipinski definition) is 8. The van der Waals surface area contributed by atoms with Gasteiger partial charge in [-0.2, -0.15) is 8.42 Å². The van der Waals surface area contributed by atoms with E-state index in [1.54, 1.807) is 4.90 Å². The molecule has 2 aliphatic carbocycles. The molecule has 13 heteroatoms. The van der Waals surface area contributed by atoms with Crippen LogP contribution in [0.2, 0.25) is 0 Å². The molecule has 1 aliphatic heterocycles. The topological polar surface area (TPSA) is 151 Å². The number of methoxy groups -OCH3 is 1. The van der Waals surface area contributed by atoms with E-state index in [1.165, 1.54) is 25.3 Å². The molecule has 1 heterocycles. The molecule has 2 bridgehead atoms. The molecule has 1 aromatic rings. The number of carbonyl (C=O) groups is 2. The van der Waals surface area contributed by atoms with Crippen molar-refractivity contribution in [3.63, 3.8) is 0 Å². The summed E-state index contributed by atoms with van der Waals surface area (Å²) in [4.78, 5) is 28.1. The highest BCUT2D eigenvalue weighted by molar-refractivity contribution is 7.92. The van der Waals surface area contributed by atoms with Gasteiger partial charge in [-0.15, -0.1) is 4.40 Å². The van der Waals surface area contributed by atoms with Gasteiger partial charge in [0.15, 0.2) is 0 Å². The lowest BCUT2D eigenvalue weighted by Gasteiger charge is -2.40. The van der Waals surface area contributed by atoms with Crippen molar-refractivity contribution in [1.82, 2.24) is 4.90 Å². The van der Waals surface area contributed by atoms with Crippen molar-refractivity contribution in [1.29, 1.82) is 0 Å². The molecule has 11 nitrogen and oxygen atoms in total. The Morgan fingerprint density at radius 3 is 2.53 bits per heavy atom. The second kappa shape index (κ2) is 10.1. The summed E-state index contributed by atoms with van der Waals surface area (Å²) < 4.78 is 60.2. The Morgan fingerprint density at radius 1 is 1.21 bits per heavy atom. The Balaban J connectivity index is 1.60. The monoisotopic (exact) mass is 568 g/mol. The zero-order valence-electron chi connectivity index (χ0n) is 22.4. The second-order valence-electron chi connectivity index (χ2n) is 11.7. The van der Waals surface area contributed by atoms with Crippen LogP contribution in [0.4, 0.5) is 11.4 Å². The number of amides is 1. The van der Waals surface area contributed by atoms with Gasteiger partial charge < -0.3 is 15.0 Å². The number of esters is 1. The first kappa shape index (κ1) is 28.3. The van der Waals surface area contributed by atoms with Gasteiger partial charge in [-0.1, -0.05) is 20.8 Å². The zero-order chi connectivity index (χ0) is 28.0. The molecule has 4 rings (SSSR count). The number of rotatable bonds is 8. The fraction of sp³-hybridized carbons (Fsp3) is 0.640. The third kappa shape index (κ3) is 6.14. The van der Waals surface area contributed by atoms with Crippen LogP contribution in [-0.4, -0.2) is 65.4 Å². The number of hydrogen-bond donors (Lipinski definition) is 2. The molecule has 4 unspecified atom stereocenters. The summed E-state index contributed by atoms with van der Waals surface area (Å²) in [6.07, 6.45) is 4.13. The number of carbonyl (C=O) groups excluding carboxylic acids is 2. The minimum absolute atomic E-state index is 0.0233. The van der Waals surface area contributed by atoms with E-state index < -0.39 is 26.0 Å². The first-order valence-electron chi connectivity index (χ1n) is 12.7. The standard InChI is InChI=1S/C25H36N4O7S2/c1-25(2,3)10-11-29(23-16-7-6-15(12-16)22(23)24(31)36-4)21(30)14-20-26-18-9-8-17(27-37(5,32)33)13-19(18)38(34,35)28-20/h8-9,13,15-16,22-23,27H,6-7,10-12,14H2,1-5H3,(H,26,28). The van der Waals surface area contributed by atoms with Gasteiger partial charge in [0.1, 0.15) is 10.7 Å². The third-order valence-corrected chi connectivity index (χ3v) is 9.48. The summed E-state index contributed by atoms with van der Waals surface area (Å²) in [5.41, 5.74) is 0.234. The predicted octanol–water partition coefficient (Wildman–Crippen LogP) is 2.81. The number of amidine groups is 1. The van der Waals surface area contributed by atoms with Gasteiger partial charge in [0.05, 0.1) is 31.4 Å². The van der Waals surface area contributed by atoms with Crippen LogP contribution < -0.4 is 10.0 Å². The van der Waals surface area contributed by atoms with Crippen LogP contribution in [0.15, 0.2) is 27.5 Å². The maximum absolute atomic E-state index is 13.8. The van der Waals surface area contributed by atoms with Crippen molar-refractivity contribution >= 4 is 49.1 Å². The highest BCUT2D eigenvalue weighted by atomic mass is 32.2. The molecule has 0 aromatic heterocycles. The normalized spacial score (nSPS) is 25.7. The van der Waals surface area contributed by atoms with Gasteiger partial charge in [-0.05, 0) is 61.1 Å². The van der Waals surface area contributed by atoms with E-state index in [2.05, 4.69) is 35.2 Å². The van der Waals surface area contributed by atoms with Crippen molar-refractivity contribution in [3.05, 3.63) is 18.2 Å². The lowest BCUT2D eigenvalue weighted by Crippen LogP contribution is -2.51. The van der Waals surface area contributed by atoms with Crippen LogP contribution >= 0.6 is 0 Å². The van der Waals surface area contributed by atoms with Crippen LogP contribution in [0.1, 0.15) is 52.9 Å². The quantitative estimate of drug-likeness (QED) is 0.454. The maximum atomic E-state index is 13.8. The van der Waals surface area contributed by atoms with Crippen LogP contribution in [0.5, 0.6) is 0 Å². The van der Waals surface area contributed by atoms with Crippen molar-refractivity contribution in [2.75, 3.05) is 29.9 Å². The number of fused-ring (bicyclic) bond motifs is 3. The molecule has 0 saturated heterocycles. The van der Waals surface area contributed by atoms with E-state index in [-0.39, 0.29) is 63.7 Å². The van der Waals surface area contributed by atoms with Crippen molar-refractivity contribution < 1.29 is 31.2 Å². The second-order valence-corrected chi connectivity index (χ2v) is 15.0. The lowest BCUT2D eigenvalue weighted by atomic mass is 9.82. The van der Waals surface area contributed by atoms with E-state index in [0.717, 1.165) is 25.5 Å². The largest absolute Gasteiger partial charge is 0.469 e. The first-order valence-corrected chi connectivity index (χ1v) is 16.0. The third-order valence-electron chi connectivity index (χ3n) is 7.52. The molecule has 1 amide bonds. The fourth-order valence-corrected chi connectivity index (χ4v) is 7.61. The summed E-state index contributed by atoms with van der Waals surface area (Å²) in [5, 5.41) is 2.92. The first-order chi connectivity index (χ1) is 17.6. The summed E-state index contributed by atoms with van der Waals surface area (Å²) in [5.74, 6) is -0.659. The van der Waals surface area contributed by atoms with Crippen LogP contribution in [-0.2, 0) is 34.4 Å². The molecule has 3 aliphatic rings. The summed E-state index contributed by atoms with van der Waals surface area (Å²) in [7, 11) is -6.42. The summed E-state index contributed by atoms with van der Waals surface area (Å²) in [6, 6.07) is 3.75. The summed E-state index contributed by atoms with van der Waals surface area (Å²) in [6.45, 7) is 6.67. The van der Waals surface area contributed by atoms with E-state index >= 15 is 0 Å². The molecule has 2 N–H and O–H groups in total. The zero-order valence-corrected chi connectivity index (χ0v) is 24.0. The molecular weight excluding hydrogens is 532 g/mol. The van der Waals surface area contributed by atoms with E-state index in [1.807, 2.05) is 0 Å². The molecule has 0 radical (unpaired) electrons. The number of ether oxygens (including phenoxy) is 1. The Kier molecular flexibility index (Phi) is 7.56. The van der Waals surface area contributed by atoms with Gasteiger partial charge in [-0.3, -0.25) is 14.3 Å². The number of benzene rings is 1. The Hall–Kier alpha value is -2.67. The van der Waals surface area contributed by atoms with Gasteiger partial charge in [0.25, 0.3) is 10.0 Å². The molecule has 210 valence electrons. The fourth-order valence-electron chi connectivity index (χ4n) is 5.88. The number of sulfonamides is 2. The number of anilines is 2. The molecule has 0 spiro atoms. The van der Waals surface area contributed by atoms with Crippen molar-refractivity contribution in [3.8, 4) is 0 Å². The van der Waals surface area contributed by atoms with Crippen LogP contribution in [0.3, 0.4) is 0 Å². The smallest absolute Gasteiger partial charge is 0.311 e. The maximum Gasteiger partial charge on any atom is 0.311 e. The molecule has 2 saturated carbocycles. The van der Waals surface area contributed by atoms with Crippen LogP contribution in [0, 0.1) is 23.2 Å². The van der Waals surface area contributed by atoms with E-state index in [0.29, 0.717) is 13.0 Å². The van der Waals surface area contributed by atoms with E-state index in [4.69, 9.17) is 4.74 Å². The molecule has 1 aromatic carbocycles. The van der Waals surface area contributed by atoms with E-state index in [9.17, 15) is 26.4 Å². The number of nitrogens with zero attached hydrogens (tertiary/aromatic N) is 2. The lowest BCUT2D eigenvalue weighted by molar-refractivity contribution is -0.152.